The number of benzene rings is 1. The summed E-state index contributed by atoms with van der Waals surface area (Å²) < 4.78 is 6.11. The Morgan fingerprint density at radius 2 is 2.06 bits per heavy atom. The first-order chi connectivity index (χ1) is 8.61. The molecule has 0 fully saturated rings. The molecule has 1 aromatic carbocycles. The summed E-state index contributed by atoms with van der Waals surface area (Å²) >= 11 is 3.40. The Labute approximate surface area is 117 Å². The predicted octanol–water partition coefficient (Wildman–Crippen LogP) is 3.91. The van der Waals surface area contributed by atoms with Gasteiger partial charge in [0.2, 0.25) is 0 Å². The highest BCUT2D eigenvalue weighted by atomic mass is 79.9. The number of amides is 1. The lowest BCUT2D eigenvalue weighted by Crippen LogP contribution is -2.34. The highest BCUT2D eigenvalue weighted by Gasteiger charge is 2.08. The van der Waals surface area contributed by atoms with Crippen molar-refractivity contribution in [1.29, 1.82) is 0 Å². The molecule has 0 aliphatic rings. The molecule has 0 bridgehead atoms. The number of alkyl carbamates (subject to hydrolysis) is 1. The summed E-state index contributed by atoms with van der Waals surface area (Å²) in [6, 6.07) is 8.17. The summed E-state index contributed by atoms with van der Waals surface area (Å²) in [6.07, 6.45) is 2.42. The maximum absolute atomic E-state index is 11.4. The first-order valence-corrected chi connectivity index (χ1v) is 7.09. The van der Waals surface area contributed by atoms with E-state index in [0.29, 0.717) is 6.61 Å². The predicted molar refractivity (Wildman–Crippen MR) is 76.7 cm³/mol. The Bertz CT molecular complexity index is 365. The smallest absolute Gasteiger partial charge is 0.407 e. The van der Waals surface area contributed by atoms with E-state index in [2.05, 4.69) is 28.2 Å². The molecule has 0 aliphatic heterocycles. The van der Waals surface area contributed by atoms with Crippen LogP contribution in [0.4, 0.5) is 4.79 Å². The van der Waals surface area contributed by atoms with Crippen molar-refractivity contribution in [1.82, 2.24) is 5.32 Å². The lowest BCUT2D eigenvalue weighted by Gasteiger charge is -2.14. The van der Waals surface area contributed by atoms with Gasteiger partial charge in [0.15, 0.2) is 0 Å². The minimum absolute atomic E-state index is 0.0697. The van der Waals surface area contributed by atoms with E-state index in [4.69, 9.17) is 4.74 Å². The first-order valence-electron chi connectivity index (χ1n) is 6.29. The molecule has 0 saturated carbocycles. The fourth-order valence-electron chi connectivity index (χ4n) is 1.58. The van der Waals surface area contributed by atoms with Crippen LogP contribution in [0.1, 0.15) is 32.3 Å². The lowest BCUT2D eigenvalue weighted by atomic mass is 10.1. The lowest BCUT2D eigenvalue weighted by molar-refractivity contribution is 0.141. The molecule has 1 N–H and O–H groups in total. The summed E-state index contributed by atoms with van der Waals surface area (Å²) in [6.45, 7) is 4.54. The fourth-order valence-corrected chi connectivity index (χ4v) is 1.84. The summed E-state index contributed by atoms with van der Waals surface area (Å²) in [4.78, 5) is 11.4. The van der Waals surface area contributed by atoms with Gasteiger partial charge in [0.25, 0.3) is 0 Å². The number of carbonyl (C=O) groups excluding carboxylic acids is 1. The van der Waals surface area contributed by atoms with Crippen molar-refractivity contribution in [3.8, 4) is 0 Å². The number of carbonyl (C=O) groups is 1. The van der Waals surface area contributed by atoms with Gasteiger partial charge in [0.05, 0.1) is 6.61 Å². The molecule has 0 spiro atoms. The Balaban J connectivity index is 2.30. The normalized spacial score (nSPS) is 11.9. The molecule has 4 heteroatoms. The van der Waals surface area contributed by atoms with Crippen molar-refractivity contribution in [2.24, 2.45) is 0 Å². The van der Waals surface area contributed by atoms with E-state index in [0.717, 1.165) is 23.7 Å². The van der Waals surface area contributed by atoms with Crippen molar-refractivity contribution < 1.29 is 9.53 Å². The first kappa shape index (κ1) is 15.0. The van der Waals surface area contributed by atoms with Crippen LogP contribution in [0.25, 0.3) is 0 Å². The Morgan fingerprint density at radius 3 is 2.67 bits per heavy atom. The number of hydrogen-bond acceptors (Lipinski definition) is 2. The van der Waals surface area contributed by atoms with E-state index >= 15 is 0 Å². The number of rotatable bonds is 6. The van der Waals surface area contributed by atoms with Gasteiger partial charge in [0, 0.05) is 10.5 Å². The van der Waals surface area contributed by atoms with Gasteiger partial charge >= 0.3 is 6.09 Å². The maximum Gasteiger partial charge on any atom is 0.407 e. The minimum atomic E-state index is -0.326. The topological polar surface area (TPSA) is 38.3 Å². The number of halogens is 1. The molecule has 0 aliphatic carbocycles. The van der Waals surface area contributed by atoms with Crippen molar-refractivity contribution in [2.45, 2.75) is 39.2 Å². The third-order valence-corrected chi connectivity index (χ3v) is 3.08. The molecule has 0 heterocycles. The number of hydrogen-bond donors (Lipinski definition) is 1. The molecule has 0 radical (unpaired) electrons. The van der Waals surface area contributed by atoms with Gasteiger partial charge in [-0.2, -0.15) is 0 Å². The monoisotopic (exact) mass is 313 g/mol. The summed E-state index contributed by atoms with van der Waals surface area (Å²) in [5.41, 5.74) is 1.19. The minimum Gasteiger partial charge on any atom is -0.450 e. The zero-order valence-corrected chi connectivity index (χ0v) is 12.5. The zero-order chi connectivity index (χ0) is 13.4. The standard InChI is InChI=1S/C14H20BrNO2/c1-3-4-9-18-14(17)16-11(2)10-12-5-7-13(15)8-6-12/h5-8,11H,3-4,9-10H2,1-2H3,(H,16,17). The number of ether oxygens (including phenoxy) is 1. The molecular formula is C14H20BrNO2. The summed E-state index contributed by atoms with van der Waals surface area (Å²) in [5, 5.41) is 2.83. The Kier molecular flexibility index (Phi) is 6.80. The largest absolute Gasteiger partial charge is 0.450 e. The van der Waals surface area contributed by atoms with Crippen LogP contribution in [0.5, 0.6) is 0 Å². The van der Waals surface area contributed by atoms with E-state index in [1.54, 1.807) is 0 Å². The molecular weight excluding hydrogens is 294 g/mol. The van der Waals surface area contributed by atoms with E-state index < -0.39 is 0 Å². The van der Waals surface area contributed by atoms with Gasteiger partial charge in [-0.1, -0.05) is 41.4 Å². The second kappa shape index (κ2) is 8.14. The van der Waals surface area contributed by atoms with Crippen LogP contribution >= 0.6 is 15.9 Å². The highest BCUT2D eigenvalue weighted by Crippen LogP contribution is 2.11. The Hall–Kier alpha value is -1.03. The van der Waals surface area contributed by atoms with Crippen molar-refractivity contribution in [3.63, 3.8) is 0 Å². The van der Waals surface area contributed by atoms with Gasteiger partial charge in [-0.3, -0.25) is 0 Å². The average Bonchev–Trinajstić information content (AvgIpc) is 2.32. The van der Waals surface area contributed by atoms with Gasteiger partial charge in [-0.25, -0.2) is 4.79 Å². The Morgan fingerprint density at radius 1 is 1.39 bits per heavy atom. The van der Waals surface area contributed by atoms with Crippen LogP contribution < -0.4 is 5.32 Å². The SMILES string of the molecule is CCCCOC(=O)NC(C)Cc1ccc(Br)cc1. The van der Waals surface area contributed by atoms with E-state index in [-0.39, 0.29) is 12.1 Å². The van der Waals surface area contributed by atoms with Crippen LogP contribution in [0.2, 0.25) is 0 Å². The second-order valence-electron chi connectivity index (χ2n) is 4.37. The van der Waals surface area contributed by atoms with Gasteiger partial charge in [-0.05, 0) is 37.5 Å². The molecule has 0 saturated heterocycles. The van der Waals surface area contributed by atoms with Gasteiger partial charge < -0.3 is 10.1 Å². The summed E-state index contributed by atoms with van der Waals surface area (Å²) in [5.74, 6) is 0. The molecule has 1 amide bonds. The van der Waals surface area contributed by atoms with Crippen LogP contribution in [0.15, 0.2) is 28.7 Å². The van der Waals surface area contributed by atoms with Crippen LogP contribution in [-0.2, 0) is 11.2 Å². The van der Waals surface area contributed by atoms with Crippen molar-refractivity contribution in [2.75, 3.05) is 6.61 Å². The van der Waals surface area contributed by atoms with Crippen LogP contribution in [-0.4, -0.2) is 18.7 Å². The number of nitrogens with one attached hydrogen (secondary N) is 1. The molecule has 1 aromatic rings. The molecule has 3 nitrogen and oxygen atoms in total. The number of unbranched alkanes of at least 4 members (excludes halogenated alkanes) is 1. The van der Waals surface area contributed by atoms with E-state index in [1.807, 2.05) is 31.2 Å². The van der Waals surface area contributed by atoms with Crippen molar-refractivity contribution >= 4 is 22.0 Å². The van der Waals surface area contributed by atoms with Gasteiger partial charge in [-0.15, -0.1) is 0 Å². The summed E-state index contributed by atoms with van der Waals surface area (Å²) in [7, 11) is 0. The molecule has 0 aromatic heterocycles. The molecule has 1 rings (SSSR count). The maximum atomic E-state index is 11.4. The molecule has 18 heavy (non-hydrogen) atoms. The quantitative estimate of drug-likeness (QED) is 0.809. The fraction of sp³-hybridized carbons (Fsp3) is 0.500. The van der Waals surface area contributed by atoms with E-state index in [9.17, 15) is 4.79 Å². The second-order valence-corrected chi connectivity index (χ2v) is 5.28. The average molecular weight is 314 g/mol. The molecule has 1 unspecified atom stereocenters. The van der Waals surface area contributed by atoms with Crippen molar-refractivity contribution in [3.05, 3.63) is 34.3 Å². The zero-order valence-electron chi connectivity index (χ0n) is 10.9. The van der Waals surface area contributed by atoms with Crippen LogP contribution in [0.3, 0.4) is 0 Å². The molecule has 100 valence electrons. The third-order valence-electron chi connectivity index (χ3n) is 2.55. The van der Waals surface area contributed by atoms with E-state index in [1.165, 1.54) is 5.56 Å². The highest BCUT2D eigenvalue weighted by molar-refractivity contribution is 9.10. The van der Waals surface area contributed by atoms with Gasteiger partial charge in [0.1, 0.15) is 0 Å². The molecule has 1 atom stereocenters. The van der Waals surface area contributed by atoms with Crippen LogP contribution in [0, 0.1) is 0 Å². The third kappa shape index (κ3) is 6.05.